The summed E-state index contributed by atoms with van der Waals surface area (Å²) >= 11 is 0. The molecule has 1 unspecified atom stereocenters. The van der Waals surface area contributed by atoms with Crippen LogP contribution in [-0.4, -0.2) is 91.2 Å². The molecule has 4 aliphatic heterocycles. The van der Waals surface area contributed by atoms with Crippen molar-refractivity contribution in [3.8, 4) is 22.5 Å². The Kier molecular flexibility index (Phi) is 9.86. The first kappa shape index (κ1) is 37.1. The molecule has 0 aliphatic carbocycles. The van der Waals surface area contributed by atoms with Gasteiger partial charge in [-0.05, 0) is 60.0 Å². The summed E-state index contributed by atoms with van der Waals surface area (Å²) in [6, 6.07) is 16.4. The Balaban J connectivity index is 0.880. The van der Waals surface area contributed by atoms with Crippen molar-refractivity contribution < 1.29 is 28.7 Å². The minimum atomic E-state index is -0.686. The van der Waals surface area contributed by atoms with Gasteiger partial charge in [0, 0.05) is 93.1 Å². The third-order valence-corrected chi connectivity index (χ3v) is 11.7. The smallest absolute Gasteiger partial charge is 0.270 e. The molecule has 294 valence electrons. The van der Waals surface area contributed by atoms with Gasteiger partial charge in [0.1, 0.15) is 17.6 Å². The lowest BCUT2D eigenvalue weighted by molar-refractivity contribution is -0.137. The van der Waals surface area contributed by atoms with Crippen LogP contribution in [0.25, 0.3) is 39.4 Å². The summed E-state index contributed by atoms with van der Waals surface area (Å²) in [6.07, 6.45) is 9.50. The lowest BCUT2D eigenvalue weighted by Gasteiger charge is -2.30. The number of benzene rings is 2. The number of hydrogen-bond donors (Lipinski definition) is 2. The average Bonchev–Trinajstić information content (AvgIpc) is 3.80. The number of piperidine rings is 1. The van der Waals surface area contributed by atoms with Gasteiger partial charge >= 0.3 is 0 Å². The van der Waals surface area contributed by atoms with Crippen molar-refractivity contribution in [2.24, 2.45) is 0 Å². The van der Waals surface area contributed by atoms with Crippen LogP contribution in [0.5, 0.6) is 0 Å². The molecule has 0 spiro atoms. The first-order chi connectivity index (χ1) is 28.2. The van der Waals surface area contributed by atoms with Gasteiger partial charge in [0.05, 0.1) is 23.6 Å². The van der Waals surface area contributed by atoms with E-state index in [1.165, 1.54) is 4.90 Å². The Labute approximate surface area is 334 Å². The molecule has 14 nitrogen and oxygen atoms in total. The standard InChI is InChI=1S/C44H42N8O6/c1-26(53)50-17-18-51-38(25-50)40(49-41(51)28-14-19-58-20-15-28)31-8-3-6-29-21-36(47-23-33(29)31)30-10-11-35(46-22-30)42(55)45-16-4-7-27-5-2-9-32-34(27)24-52(44(32)57)37-12-13-39(54)48-43(37)56/h2-11,21-23,28,37H,12-20,24-25H2,1H3,(H,45,55)(H,48,54,56)/b7-4+. The fourth-order valence-electron chi connectivity index (χ4n) is 8.56. The van der Waals surface area contributed by atoms with Crippen molar-refractivity contribution in [1.82, 2.24) is 40.0 Å². The molecule has 0 bridgehead atoms. The summed E-state index contributed by atoms with van der Waals surface area (Å²) < 4.78 is 7.97. The van der Waals surface area contributed by atoms with E-state index in [0.29, 0.717) is 37.5 Å². The number of carbonyl (C=O) groups is 5. The summed E-state index contributed by atoms with van der Waals surface area (Å²) in [4.78, 5) is 80.7. The minimum Gasteiger partial charge on any atom is -0.381 e. The number of imide groups is 1. The van der Waals surface area contributed by atoms with Gasteiger partial charge in [-0.3, -0.25) is 39.3 Å². The van der Waals surface area contributed by atoms with Crippen LogP contribution in [0.15, 0.2) is 73.1 Å². The summed E-state index contributed by atoms with van der Waals surface area (Å²) in [5, 5.41) is 7.15. The molecule has 14 heteroatoms. The number of fused-ring (bicyclic) bond motifs is 3. The molecule has 1 atom stereocenters. The lowest BCUT2D eigenvalue weighted by Crippen LogP contribution is -2.52. The van der Waals surface area contributed by atoms with Crippen molar-refractivity contribution in [3.63, 3.8) is 0 Å². The van der Waals surface area contributed by atoms with E-state index >= 15 is 0 Å². The van der Waals surface area contributed by atoms with Crippen LogP contribution >= 0.6 is 0 Å². The Morgan fingerprint density at radius 3 is 2.57 bits per heavy atom. The number of imidazole rings is 1. The van der Waals surface area contributed by atoms with Crippen molar-refractivity contribution in [3.05, 3.63) is 107 Å². The van der Waals surface area contributed by atoms with Crippen LogP contribution in [0.1, 0.15) is 82.0 Å². The van der Waals surface area contributed by atoms with E-state index in [1.54, 1.807) is 37.4 Å². The van der Waals surface area contributed by atoms with E-state index in [1.807, 2.05) is 47.5 Å². The van der Waals surface area contributed by atoms with Crippen LogP contribution in [0.3, 0.4) is 0 Å². The van der Waals surface area contributed by atoms with Crippen molar-refractivity contribution in [2.75, 3.05) is 26.3 Å². The second-order valence-electron chi connectivity index (χ2n) is 15.2. The summed E-state index contributed by atoms with van der Waals surface area (Å²) in [6.45, 7) is 5.44. The van der Waals surface area contributed by atoms with Crippen molar-refractivity contribution in [1.29, 1.82) is 0 Å². The van der Waals surface area contributed by atoms with E-state index in [9.17, 15) is 24.0 Å². The zero-order valence-electron chi connectivity index (χ0n) is 32.1. The van der Waals surface area contributed by atoms with Crippen LogP contribution in [0.4, 0.5) is 0 Å². The van der Waals surface area contributed by atoms with Gasteiger partial charge in [-0.25, -0.2) is 4.98 Å². The Hall–Kier alpha value is -6.54. The molecule has 0 saturated carbocycles. The number of ether oxygens (including phenoxy) is 1. The van der Waals surface area contributed by atoms with Gasteiger partial charge in [0.25, 0.3) is 11.8 Å². The first-order valence-corrected chi connectivity index (χ1v) is 19.7. The second-order valence-corrected chi connectivity index (χ2v) is 15.2. The quantitative estimate of drug-likeness (QED) is 0.214. The van der Waals surface area contributed by atoms with Gasteiger partial charge in [-0.2, -0.15) is 0 Å². The molecule has 5 aromatic rings. The molecule has 3 aromatic heterocycles. The number of hydrogen-bond acceptors (Lipinski definition) is 9. The van der Waals surface area contributed by atoms with Crippen molar-refractivity contribution >= 4 is 46.4 Å². The maximum Gasteiger partial charge on any atom is 0.270 e. The molecule has 9 rings (SSSR count). The number of nitrogens with zero attached hydrogens (tertiary/aromatic N) is 6. The van der Waals surface area contributed by atoms with Gasteiger partial charge in [-0.15, -0.1) is 0 Å². The highest BCUT2D eigenvalue weighted by molar-refractivity contribution is 6.06. The third-order valence-electron chi connectivity index (χ3n) is 11.7. The third kappa shape index (κ3) is 6.93. The first-order valence-electron chi connectivity index (χ1n) is 19.7. The van der Waals surface area contributed by atoms with E-state index in [-0.39, 0.29) is 48.8 Å². The number of carbonyl (C=O) groups excluding carboxylic acids is 5. The molecule has 2 aromatic carbocycles. The summed E-state index contributed by atoms with van der Waals surface area (Å²) in [7, 11) is 0. The predicted octanol–water partition coefficient (Wildman–Crippen LogP) is 4.62. The molecule has 4 aliphatic rings. The normalized spacial score (nSPS) is 18.4. The van der Waals surface area contributed by atoms with Gasteiger partial charge in [-0.1, -0.05) is 42.5 Å². The molecule has 58 heavy (non-hydrogen) atoms. The van der Waals surface area contributed by atoms with Crippen LogP contribution < -0.4 is 10.6 Å². The monoisotopic (exact) mass is 778 g/mol. The zero-order chi connectivity index (χ0) is 39.9. The topological polar surface area (TPSA) is 169 Å². The maximum atomic E-state index is 13.2. The number of nitrogens with one attached hydrogen (secondary N) is 2. The SMILES string of the molecule is CC(=O)N1CCn2c(C3CCOCC3)nc(-c3cccc4cc(-c5ccc(C(=O)NC/C=C/c6cccc7c6CN(C6CCC(=O)NC6=O)C7=O)nc5)ncc34)c2C1. The molecular weight excluding hydrogens is 737 g/mol. The largest absolute Gasteiger partial charge is 0.381 e. The molecule has 5 amide bonds. The summed E-state index contributed by atoms with van der Waals surface area (Å²) in [5.74, 6) is 0.0874. The van der Waals surface area contributed by atoms with E-state index in [2.05, 4.69) is 26.3 Å². The molecule has 7 heterocycles. The van der Waals surface area contributed by atoms with Gasteiger partial charge in [0.2, 0.25) is 17.7 Å². The highest BCUT2D eigenvalue weighted by atomic mass is 16.5. The molecule has 2 N–H and O–H groups in total. The Morgan fingerprint density at radius 2 is 1.78 bits per heavy atom. The molecule has 0 radical (unpaired) electrons. The van der Waals surface area contributed by atoms with Crippen LogP contribution in [0, 0.1) is 0 Å². The fourth-order valence-corrected chi connectivity index (χ4v) is 8.56. The van der Waals surface area contributed by atoms with E-state index in [4.69, 9.17) is 14.7 Å². The maximum absolute atomic E-state index is 13.2. The molecule has 2 fully saturated rings. The Morgan fingerprint density at radius 1 is 0.948 bits per heavy atom. The number of aromatic nitrogens is 4. The van der Waals surface area contributed by atoms with Crippen molar-refractivity contribution in [2.45, 2.75) is 64.2 Å². The van der Waals surface area contributed by atoms with Crippen LogP contribution in [0.2, 0.25) is 0 Å². The highest BCUT2D eigenvalue weighted by Crippen LogP contribution is 2.38. The molecule has 2 saturated heterocycles. The van der Waals surface area contributed by atoms with E-state index < -0.39 is 11.9 Å². The van der Waals surface area contributed by atoms with Gasteiger partial charge < -0.3 is 24.4 Å². The Bertz CT molecular complexity index is 2520. The highest BCUT2D eigenvalue weighted by Gasteiger charge is 2.39. The van der Waals surface area contributed by atoms with Crippen LogP contribution in [-0.2, 0) is 38.8 Å². The number of rotatable bonds is 8. The number of pyridine rings is 2. The molecular formula is C44H42N8O6. The summed E-state index contributed by atoms with van der Waals surface area (Å²) in [5.41, 5.74) is 6.80. The van der Waals surface area contributed by atoms with Gasteiger partial charge in [0.15, 0.2) is 0 Å². The average molecular weight is 779 g/mol. The predicted molar refractivity (Wildman–Crippen MR) is 214 cm³/mol. The van der Waals surface area contributed by atoms with E-state index in [0.717, 1.165) is 82.0 Å². The fraction of sp³-hybridized carbons (Fsp3) is 0.318. The number of amides is 5. The second kappa shape index (κ2) is 15.4. The minimum absolute atomic E-state index is 0.0532. The zero-order valence-corrected chi connectivity index (χ0v) is 32.1. The lowest BCUT2D eigenvalue weighted by atomic mass is 9.99.